The van der Waals surface area contributed by atoms with Crippen LogP contribution in [-0.2, 0) is 4.74 Å². The summed E-state index contributed by atoms with van der Waals surface area (Å²) in [6.07, 6.45) is 17.6. The predicted molar refractivity (Wildman–Crippen MR) is 83.7 cm³/mol. The van der Waals surface area contributed by atoms with Crippen LogP contribution in [0, 0.1) is 17.8 Å². The third-order valence-corrected chi connectivity index (χ3v) is 4.95. The summed E-state index contributed by atoms with van der Waals surface area (Å²) in [5, 5.41) is 8.68. The quantitative estimate of drug-likeness (QED) is 0.426. The average molecular weight is 280 g/mol. The summed E-state index contributed by atoms with van der Waals surface area (Å²) in [5.74, 6) is 2.52. The first-order chi connectivity index (χ1) is 9.90. The van der Waals surface area contributed by atoms with E-state index in [0.29, 0.717) is 6.61 Å². The lowest BCUT2D eigenvalue weighted by atomic mass is 9.95. The summed E-state index contributed by atoms with van der Waals surface area (Å²) < 4.78 is 5.87. The fourth-order valence-electron chi connectivity index (χ4n) is 3.70. The zero-order valence-corrected chi connectivity index (χ0v) is 12.9. The van der Waals surface area contributed by atoms with Crippen LogP contribution in [0.4, 0.5) is 0 Å². The molecule has 2 aliphatic carbocycles. The summed E-state index contributed by atoms with van der Waals surface area (Å²) in [6, 6.07) is 0. The van der Waals surface area contributed by atoms with E-state index in [0.717, 1.165) is 37.4 Å². The van der Waals surface area contributed by atoms with Crippen molar-refractivity contribution >= 4 is 0 Å². The highest BCUT2D eigenvalue weighted by molar-refractivity contribution is 5.09. The normalized spacial score (nSPS) is 27.6. The van der Waals surface area contributed by atoms with Gasteiger partial charge in [0, 0.05) is 19.8 Å². The van der Waals surface area contributed by atoms with E-state index in [-0.39, 0.29) is 0 Å². The molecule has 20 heavy (non-hydrogen) atoms. The van der Waals surface area contributed by atoms with Gasteiger partial charge in [-0.05, 0) is 43.4 Å². The van der Waals surface area contributed by atoms with Crippen molar-refractivity contribution in [1.29, 1.82) is 0 Å². The van der Waals surface area contributed by atoms with Crippen molar-refractivity contribution in [3.63, 3.8) is 0 Å². The average Bonchev–Trinajstić information content (AvgIpc) is 3.07. The lowest BCUT2D eigenvalue weighted by Gasteiger charge is -2.17. The van der Waals surface area contributed by atoms with Gasteiger partial charge in [-0.3, -0.25) is 0 Å². The minimum Gasteiger partial charge on any atom is -0.396 e. The van der Waals surface area contributed by atoms with Gasteiger partial charge in [-0.1, -0.05) is 50.7 Å². The van der Waals surface area contributed by atoms with E-state index in [1.165, 1.54) is 57.8 Å². The molecule has 116 valence electrons. The van der Waals surface area contributed by atoms with E-state index in [4.69, 9.17) is 9.84 Å². The Bertz CT molecular complexity index is 275. The molecule has 2 nitrogen and oxygen atoms in total. The standard InChI is InChI=1S/C18H32O2/c19-11-7-5-3-1-2-4-6-8-12-20-15-18-14-16-9-10-17(18)13-16/h9-10,16-19H,1-8,11-15H2. The number of ether oxygens (including phenoxy) is 1. The molecule has 0 radical (unpaired) electrons. The molecule has 0 aromatic rings. The second-order valence-electron chi connectivity index (χ2n) is 6.67. The van der Waals surface area contributed by atoms with Gasteiger partial charge in [-0.15, -0.1) is 0 Å². The van der Waals surface area contributed by atoms with Crippen LogP contribution in [-0.4, -0.2) is 24.9 Å². The molecule has 0 aromatic heterocycles. The fourth-order valence-corrected chi connectivity index (χ4v) is 3.70. The van der Waals surface area contributed by atoms with Crippen molar-refractivity contribution in [2.45, 2.75) is 64.2 Å². The van der Waals surface area contributed by atoms with Crippen molar-refractivity contribution < 1.29 is 9.84 Å². The summed E-state index contributed by atoms with van der Waals surface area (Å²) in [5.41, 5.74) is 0. The van der Waals surface area contributed by atoms with E-state index in [1.807, 2.05) is 0 Å². The second-order valence-corrected chi connectivity index (χ2v) is 6.67. The maximum atomic E-state index is 8.68. The van der Waals surface area contributed by atoms with Gasteiger partial charge in [0.25, 0.3) is 0 Å². The molecule has 2 heteroatoms. The Morgan fingerprint density at radius 3 is 2.15 bits per heavy atom. The number of aliphatic hydroxyl groups excluding tert-OH is 1. The predicted octanol–water partition coefficient (Wildman–Crippen LogP) is 4.33. The van der Waals surface area contributed by atoms with E-state index in [1.54, 1.807) is 0 Å². The first-order valence-electron chi connectivity index (χ1n) is 8.77. The van der Waals surface area contributed by atoms with Crippen molar-refractivity contribution in [1.82, 2.24) is 0 Å². The summed E-state index contributed by atoms with van der Waals surface area (Å²) in [7, 11) is 0. The third-order valence-electron chi connectivity index (χ3n) is 4.95. The van der Waals surface area contributed by atoms with Crippen molar-refractivity contribution in [3.8, 4) is 0 Å². The SMILES string of the molecule is OCCCCCCCCCCOCC1CC2C=CC1C2. The van der Waals surface area contributed by atoms with Crippen LogP contribution in [0.1, 0.15) is 64.2 Å². The third kappa shape index (κ3) is 5.57. The van der Waals surface area contributed by atoms with Crippen molar-refractivity contribution in [2.24, 2.45) is 17.8 Å². The zero-order valence-electron chi connectivity index (χ0n) is 12.9. The summed E-state index contributed by atoms with van der Waals surface area (Å²) in [4.78, 5) is 0. The van der Waals surface area contributed by atoms with Gasteiger partial charge < -0.3 is 9.84 Å². The number of hydrogen-bond acceptors (Lipinski definition) is 2. The van der Waals surface area contributed by atoms with E-state index < -0.39 is 0 Å². The lowest BCUT2D eigenvalue weighted by molar-refractivity contribution is 0.0876. The Balaban J connectivity index is 1.32. The highest BCUT2D eigenvalue weighted by atomic mass is 16.5. The van der Waals surface area contributed by atoms with E-state index in [2.05, 4.69) is 12.2 Å². The van der Waals surface area contributed by atoms with E-state index >= 15 is 0 Å². The van der Waals surface area contributed by atoms with E-state index in [9.17, 15) is 0 Å². The Morgan fingerprint density at radius 2 is 1.55 bits per heavy atom. The number of allylic oxidation sites excluding steroid dienone is 2. The van der Waals surface area contributed by atoms with Gasteiger partial charge in [0.05, 0.1) is 0 Å². The molecule has 2 aliphatic rings. The van der Waals surface area contributed by atoms with Gasteiger partial charge in [0.2, 0.25) is 0 Å². The Kier molecular flexibility index (Phi) is 7.67. The highest BCUT2D eigenvalue weighted by Gasteiger charge is 2.35. The first kappa shape index (κ1) is 16.0. The topological polar surface area (TPSA) is 29.5 Å². The smallest absolute Gasteiger partial charge is 0.0500 e. The Morgan fingerprint density at radius 1 is 0.850 bits per heavy atom. The second kappa shape index (κ2) is 9.57. The van der Waals surface area contributed by atoms with Crippen LogP contribution < -0.4 is 0 Å². The fraction of sp³-hybridized carbons (Fsp3) is 0.889. The van der Waals surface area contributed by atoms with Crippen LogP contribution in [0.5, 0.6) is 0 Å². The number of unbranched alkanes of at least 4 members (excludes halogenated alkanes) is 7. The number of aliphatic hydroxyl groups is 1. The summed E-state index contributed by atoms with van der Waals surface area (Å²) in [6.45, 7) is 2.31. The van der Waals surface area contributed by atoms with Crippen LogP contribution in [0.3, 0.4) is 0 Å². The lowest BCUT2D eigenvalue weighted by Crippen LogP contribution is -2.14. The number of rotatable bonds is 12. The Labute approximate surface area is 124 Å². The molecule has 1 saturated carbocycles. The molecule has 3 atom stereocenters. The molecule has 0 heterocycles. The minimum absolute atomic E-state index is 0.357. The largest absolute Gasteiger partial charge is 0.396 e. The van der Waals surface area contributed by atoms with Gasteiger partial charge in [-0.25, -0.2) is 0 Å². The molecule has 2 rings (SSSR count). The molecule has 3 unspecified atom stereocenters. The van der Waals surface area contributed by atoms with Gasteiger partial charge >= 0.3 is 0 Å². The molecule has 0 amide bonds. The van der Waals surface area contributed by atoms with Crippen LogP contribution in [0.2, 0.25) is 0 Å². The Hall–Kier alpha value is -0.340. The highest BCUT2D eigenvalue weighted by Crippen LogP contribution is 2.43. The van der Waals surface area contributed by atoms with Crippen molar-refractivity contribution in [3.05, 3.63) is 12.2 Å². The monoisotopic (exact) mass is 280 g/mol. The summed E-state index contributed by atoms with van der Waals surface area (Å²) >= 11 is 0. The first-order valence-corrected chi connectivity index (χ1v) is 8.77. The zero-order chi connectivity index (χ0) is 14.0. The van der Waals surface area contributed by atoms with Gasteiger partial charge in [-0.2, -0.15) is 0 Å². The molecule has 0 aromatic carbocycles. The minimum atomic E-state index is 0.357. The van der Waals surface area contributed by atoms with Gasteiger partial charge in [0.1, 0.15) is 0 Å². The van der Waals surface area contributed by atoms with Crippen LogP contribution in [0.15, 0.2) is 12.2 Å². The molecule has 2 bridgehead atoms. The van der Waals surface area contributed by atoms with Gasteiger partial charge in [0.15, 0.2) is 0 Å². The maximum absolute atomic E-state index is 8.68. The van der Waals surface area contributed by atoms with Crippen LogP contribution >= 0.6 is 0 Å². The molecule has 1 fully saturated rings. The molecule has 0 saturated heterocycles. The van der Waals surface area contributed by atoms with Crippen LogP contribution in [0.25, 0.3) is 0 Å². The number of hydrogen-bond donors (Lipinski definition) is 1. The molecular formula is C18H32O2. The number of fused-ring (bicyclic) bond motifs is 2. The molecular weight excluding hydrogens is 248 g/mol. The van der Waals surface area contributed by atoms with Crippen molar-refractivity contribution in [2.75, 3.05) is 19.8 Å². The molecule has 1 N–H and O–H groups in total. The maximum Gasteiger partial charge on any atom is 0.0500 e. The molecule has 0 spiro atoms. The molecule has 0 aliphatic heterocycles.